The summed E-state index contributed by atoms with van der Waals surface area (Å²) in [7, 11) is 0. The minimum absolute atomic E-state index is 0.325. The Morgan fingerprint density at radius 3 is 2.29 bits per heavy atom. The molecule has 0 bridgehead atoms. The molecule has 0 amide bonds. The molecule has 0 unspecified atom stereocenters. The van der Waals surface area contributed by atoms with Crippen molar-refractivity contribution < 1.29 is 9.47 Å². The van der Waals surface area contributed by atoms with Gasteiger partial charge < -0.3 is 14.4 Å². The SMILES string of the molecule is S=C(c1ccc(OCc2c(Cl)cccc2Cl)cc1)N1CCOCC1. The minimum Gasteiger partial charge on any atom is -0.489 e. The summed E-state index contributed by atoms with van der Waals surface area (Å²) in [6.07, 6.45) is 0. The molecular formula is C18H17Cl2NO2S. The van der Waals surface area contributed by atoms with E-state index in [-0.39, 0.29) is 0 Å². The maximum atomic E-state index is 6.15. The predicted octanol–water partition coefficient (Wildman–Crippen LogP) is 4.58. The van der Waals surface area contributed by atoms with Gasteiger partial charge >= 0.3 is 0 Å². The number of hydrogen-bond acceptors (Lipinski definition) is 3. The van der Waals surface area contributed by atoms with Crippen LogP contribution in [0.5, 0.6) is 5.75 Å². The summed E-state index contributed by atoms with van der Waals surface area (Å²) < 4.78 is 11.1. The van der Waals surface area contributed by atoms with E-state index >= 15 is 0 Å². The van der Waals surface area contributed by atoms with E-state index < -0.39 is 0 Å². The Balaban J connectivity index is 1.63. The number of benzene rings is 2. The van der Waals surface area contributed by atoms with E-state index in [2.05, 4.69) is 4.90 Å². The van der Waals surface area contributed by atoms with Crippen molar-refractivity contribution >= 4 is 40.4 Å². The van der Waals surface area contributed by atoms with Gasteiger partial charge in [0, 0.05) is 34.3 Å². The molecule has 6 heteroatoms. The van der Waals surface area contributed by atoms with Gasteiger partial charge in [0.1, 0.15) is 17.3 Å². The van der Waals surface area contributed by atoms with Gasteiger partial charge in [-0.15, -0.1) is 0 Å². The summed E-state index contributed by atoms with van der Waals surface area (Å²) in [4.78, 5) is 3.01. The first kappa shape index (κ1) is 17.5. The zero-order valence-electron chi connectivity index (χ0n) is 13.0. The lowest BCUT2D eigenvalue weighted by atomic mass is 10.2. The van der Waals surface area contributed by atoms with Gasteiger partial charge in [0.05, 0.1) is 13.2 Å². The molecule has 3 rings (SSSR count). The number of ether oxygens (including phenoxy) is 2. The normalized spacial score (nSPS) is 14.5. The van der Waals surface area contributed by atoms with Gasteiger partial charge in [-0.2, -0.15) is 0 Å². The van der Waals surface area contributed by atoms with Crippen molar-refractivity contribution in [3.63, 3.8) is 0 Å². The van der Waals surface area contributed by atoms with Gasteiger partial charge in [-0.25, -0.2) is 0 Å². The summed E-state index contributed by atoms with van der Waals surface area (Å²) in [5, 5.41) is 1.21. The van der Waals surface area contributed by atoms with Crippen LogP contribution in [-0.2, 0) is 11.3 Å². The van der Waals surface area contributed by atoms with Crippen LogP contribution in [0.1, 0.15) is 11.1 Å². The zero-order valence-corrected chi connectivity index (χ0v) is 15.3. The highest BCUT2D eigenvalue weighted by atomic mass is 35.5. The average Bonchev–Trinajstić information content (AvgIpc) is 2.62. The topological polar surface area (TPSA) is 21.7 Å². The number of morpholine rings is 1. The highest BCUT2D eigenvalue weighted by Gasteiger charge is 2.15. The van der Waals surface area contributed by atoms with Crippen LogP contribution in [0.3, 0.4) is 0 Å². The van der Waals surface area contributed by atoms with E-state index in [1.807, 2.05) is 30.3 Å². The first-order valence-electron chi connectivity index (χ1n) is 7.68. The molecule has 24 heavy (non-hydrogen) atoms. The number of nitrogens with zero attached hydrogens (tertiary/aromatic N) is 1. The molecule has 0 spiro atoms. The van der Waals surface area contributed by atoms with E-state index in [1.54, 1.807) is 12.1 Å². The quantitative estimate of drug-likeness (QED) is 0.722. The van der Waals surface area contributed by atoms with Crippen LogP contribution < -0.4 is 4.74 Å². The standard InChI is InChI=1S/C18H17Cl2NO2S/c19-16-2-1-3-17(20)15(16)12-23-14-6-4-13(5-7-14)18(24)21-8-10-22-11-9-21/h1-7H,8-12H2. The van der Waals surface area contributed by atoms with Crippen molar-refractivity contribution in [3.8, 4) is 5.75 Å². The fourth-order valence-corrected chi connectivity index (χ4v) is 3.29. The largest absolute Gasteiger partial charge is 0.489 e. The van der Waals surface area contributed by atoms with Crippen LogP contribution in [0.15, 0.2) is 42.5 Å². The molecule has 1 heterocycles. The zero-order chi connectivity index (χ0) is 16.9. The molecule has 0 aromatic heterocycles. The van der Waals surface area contributed by atoms with E-state index in [0.29, 0.717) is 16.7 Å². The fourth-order valence-electron chi connectivity index (χ4n) is 2.47. The lowest BCUT2D eigenvalue weighted by molar-refractivity contribution is 0.0693. The molecule has 3 nitrogen and oxygen atoms in total. The average molecular weight is 382 g/mol. The Morgan fingerprint density at radius 2 is 1.67 bits per heavy atom. The Labute approximate surface area is 157 Å². The molecule has 1 fully saturated rings. The van der Waals surface area contributed by atoms with Crippen LogP contribution in [0.4, 0.5) is 0 Å². The van der Waals surface area contributed by atoms with E-state index in [1.165, 1.54) is 0 Å². The summed E-state index contributed by atoms with van der Waals surface area (Å²) in [6.45, 7) is 3.44. The van der Waals surface area contributed by atoms with Gasteiger partial charge in [-0.05, 0) is 36.4 Å². The molecule has 1 aliphatic rings. The maximum Gasteiger partial charge on any atom is 0.119 e. The summed E-state index contributed by atoms with van der Waals surface area (Å²) >= 11 is 17.9. The molecule has 2 aromatic carbocycles. The first-order chi connectivity index (χ1) is 11.6. The fraction of sp³-hybridized carbons (Fsp3) is 0.278. The third-order valence-electron chi connectivity index (χ3n) is 3.84. The summed E-state index contributed by atoms with van der Waals surface area (Å²) in [5.74, 6) is 0.750. The molecule has 0 saturated carbocycles. The second-order valence-corrected chi connectivity index (χ2v) is 6.62. The smallest absolute Gasteiger partial charge is 0.119 e. The van der Waals surface area contributed by atoms with Gasteiger partial charge in [0.2, 0.25) is 0 Å². The molecule has 1 aliphatic heterocycles. The van der Waals surface area contributed by atoms with Crippen molar-refractivity contribution in [2.24, 2.45) is 0 Å². The molecule has 0 aliphatic carbocycles. The van der Waals surface area contributed by atoms with Gasteiger partial charge in [0.25, 0.3) is 0 Å². The van der Waals surface area contributed by atoms with Gasteiger partial charge in [-0.3, -0.25) is 0 Å². The Bertz CT molecular complexity index is 695. The van der Waals surface area contributed by atoms with Crippen molar-refractivity contribution in [1.82, 2.24) is 4.90 Å². The monoisotopic (exact) mass is 381 g/mol. The molecule has 0 radical (unpaired) electrons. The number of rotatable bonds is 4. The van der Waals surface area contributed by atoms with Crippen molar-refractivity contribution in [2.75, 3.05) is 26.3 Å². The van der Waals surface area contributed by atoms with E-state index in [9.17, 15) is 0 Å². The maximum absolute atomic E-state index is 6.15. The molecule has 126 valence electrons. The van der Waals surface area contributed by atoms with Crippen LogP contribution in [0.25, 0.3) is 0 Å². The van der Waals surface area contributed by atoms with Crippen LogP contribution in [-0.4, -0.2) is 36.2 Å². The lowest BCUT2D eigenvalue weighted by Crippen LogP contribution is -2.40. The third-order valence-corrected chi connectivity index (χ3v) is 5.05. The second-order valence-electron chi connectivity index (χ2n) is 5.42. The van der Waals surface area contributed by atoms with Crippen LogP contribution >= 0.6 is 35.4 Å². The Kier molecular flexibility index (Phi) is 5.95. The number of hydrogen-bond donors (Lipinski definition) is 0. The molecule has 0 atom stereocenters. The molecule has 1 saturated heterocycles. The first-order valence-corrected chi connectivity index (χ1v) is 8.84. The highest BCUT2D eigenvalue weighted by Crippen LogP contribution is 2.26. The predicted molar refractivity (Wildman–Crippen MR) is 101 cm³/mol. The second kappa shape index (κ2) is 8.17. The molecular weight excluding hydrogens is 365 g/mol. The highest BCUT2D eigenvalue weighted by molar-refractivity contribution is 7.80. The number of halogens is 2. The summed E-state index contributed by atoms with van der Waals surface area (Å²) in [6, 6.07) is 13.2. The summed E-state index contributed by atoms with van der Waals surface area (Å²) in [5.41, 5.74) is 1.80. The van der Waals surface area contributed by atoms with Crippen molar-refractivity contribution in [1.29, 1.82) is 0 Å². The lowest BCUT2D eigenvalue weighted by Gasteiger charge is -2.29. The van der Waals surface area contributed by atoms with E-state index in [0.717, 1.165) is 48.2 Å². The van der Waals surface area contributed by atoms with Crippen LogP contribution in [0, 0.1) is 0 Å². The molecule has 0 N–H and O–H groups in total. The molecule has 2 aromatic rings. The van der Waals surface area contributed by atoms with Crippen molar-refractivity contribution in [3.05, 3.63) is 63.6 Å². The van der Waals surface area contributed by atoms with Crippen LogP contribution in [0.2, 0.25) is 10.0 Å². The third kappa shape index (κ3) is 4.19. The van der Waals surface area contributed by atoms with Gasteiger partial charge in [-0.1, -0.05) is 41.5 Å². The number of thiocarbonyl (C=S) groups is 1. The van der Waals surface area contributed by atoms with E-state index in [4.69, 9.17) is 44.9 Å². The van der Waals surface area contributed by atoms with Crippen molar-refractivity contribution in [2.45, 2.75) is 6.61 Å². The Hall–Kier alpha value is -1.33. The van der Waals surface area contributed by atoms with Gasteiger partial charge in [0.15, 0.2) is 0 Å². The minimum atomic E-state index is 0.325. The Morgan fingerprint density at radius 1 is 1.04 bits per heavy atom.